The SMILES string of the molecule is Cc1c(C(=O)N2CCC(C)CC2)[nH]c2c1C(=O)CCC2. The number of carbonyl (C=O) groups excluding carboxylic acids is 2. The summed E-state index contributed by atoms with van der Waals surface area (Å²) in [6.45, 7) is 5.80. The van der Waals surface area contributed by atoms with E-state index in [1.54, 1.807) is 0 Å². The lowest BCUT2D eigenvalue weighted by Crippen LogP contribution is -2.38. The van der Waals surface area contributed by atoms with Crippen LogP contribution in [-0.4, -0.2) is 34.7 Å². The number of hydrogen-bond acceptors (Lipinski definition) is 2. The van der Waals surface area contributed by atoms with Crippen LogP contribution >= 0.6 is 0 Å². The Morgan fingerprint density at radius 2 is 1.95 bits per heavy atom. The van der Waals surface area contributed by atoms with E-state index < -0.39 is 0 Å². The fourth-order valence-electron chi connectivity index (χ4n) is 3.36. The van der Waals surface area contributed by atoms with Crippen molar-refractivity contribution in [3.63, 3.8) is 0 Å². The summed E-state index contributed by atoms with van der Waals surface area (Å²) in [6, 6.07) is 0. The van der Waals surface area contributed by atoms with Crippen molar-refractivity contribution in [2.75, 3.05) is 13.1 Å². The number of piperidine rings is 1. The molecule has 1 aromatic heterocycles. The van der Waals surface area contributed by atoms with Gasteiger partial charge in [0.15, 0.2) is 5.78 Å². The van der Waals surface area contributed by atoms with Crippen LogP contribution in [0.5, 0.6) is 0 Å². The topological polar surface area (TPSA) is 53.2 Å². The van der Waals surface area contributed by atoms with E-state index in [1.165, 1.54) is 0 Å². The number of hydrogen-bond donors (Lipinski definition) is 1. The van der Waals surface area contributed by atoms with E-state index in [2.05, 4.69) is 11.9 Å². The van der Waals surface area contributed by atoms with Gasteiger partial charge in [0.05, 0.1) is 0 Å². The van der Waals surface area contributed by atoms with Gasteiger partial charge in [0.1, 0.15) is 5.69 Å². The van der Waals surface area contributed by atoms with E-state index in [1.807, 2.05) is 11.8 Å². The predicted octanol–water partition coefficient (Wildman–Crippen LogP) is 2.71. The minimum absolute atomic E-state index is 0.0663. The number of fused-ring (bicyclic) bond motifs is 1. The maximum Gasteiger partial charge on any atom is 0.270 e. The van der Waals surface area contributed by atoms with E-state index in [0.29, 0.717) is 18.0 Å². The molecule has 20 heavy (non-hydrogen) atoms. The van der Waals surface area contributed by atoms with Gasteiger partial charge in [-0.1, -0.05) is 6.92 Å². The average Bonchev–Trinajstić information content (AvgIpc) is 2.77. The van der Waals surface area contributed by atoms with Gasteiger partial charge in [0.25, 0.3) is 5.91 Å². The third kappa shape index (κ3) is 2.17. The first-order valence-corrected chi connectivity index (χ1v) is 7.62. The van der Waals surface area contributed by atoms with Crippen LogP contribution in [0.25, 0.3) is 0 Å². The van der Waals surface area contributed by atoms with Crippen LogP contribution in [0.2, 0.25) is 0 Å². The van der Waals surface area contributed by atoms with Gasteiger partial charge in [-0.05, 0) is 44.1 Å². The molecule has 108 valence electrons. The number of amides is 1. The molecule has 0 radical (unpaired) electrons. The van der Waals surface area contributed by atoms with E-state index in [4.69, 9.17) is 0 Å². The van der Waals surface area contributed by atoms with Crippen LogP contribution in [0.1, 0.15) is 64.7 Å². The summed E-state index contributed by atoms with van der Waals surface area (Å²) >= 11 is 0. The molecule has 1 N–H and O–H groups in total. The van der Waals surface area contributed by atoms with Crippen LogP contribution < -0.4 is 0 Å². The first kappa shape index (κ1) is 13.4. The summed E-state index contributed by atoms with van der Waals surface area (Å²) in [6.07, 6.45) is 4.53. The second kappa shape index (κ2) is 5.08. The maximum atomic E-state index is 12.6. The van der Waals surface area contributed by atoms with Gasteiger partial charge in [0, 0.05) is 30.8 Å². The molecular formula is C16H22N2O2. The van der Waals surface area contributed by atoms with Crippen molar-refractivity contribution in [1.29, 1.82) is 0 Å². The molecule has 2 aliphatic rings. The normalized spacial score (nSPS) is 20.1. The molecule has 1 aromatic rings. The Labute approximate surface area is 119 Å². The number of nitrogens with one attached hydrogen (secondary N) is 1. The third-order valence-corrected chi connectivity index (χ3v) is 4.72. The molecule has 0 aromatic carbocycles. The van der Waals surface area contributed by atoms with Gasteiger partial charge < -0.3 is 9.88 Å². The number of aromatic amines is 1. The minimum atomic E-state index is 0.0663. The number of H-pyrrole nitrogens is 1. The monoisotopic (exact) mass is 274 g/mol. The Balaban J connectivity index is 1.87. The molecule has 0 saturated carbocycles. The summed E-state index contributed by atoms with van der Waals surface area (Å²) in [5.74, 6) is 0.960. The van der Waals surface area contributed by atoms with Crippen molar-refractivity contribution < 1.29 is 9.59 Å². The van der Waals surface area contributed by atoms with E-state index >= 15 is 0 Å². The number of carbonyl (C=O) groups is 2. The lowest BCUT2D eigenvalue weighted by atomic mass is 9.93. The highest BCUT2D eigenvalue weighted by atomic mass is 16.2. The molecule has 1 amide bonds. The van der Waals surface area contributed by atoms with Crippen LogP contribution in [-0.2, 0) is 6.42 Å². The minimum Gasteiger partial charge on any atom is -0.354 e. The summed E-state index contributed by atoms with van der Waals surface area (Å²) in [5.41, 5.74) is 3.24. The van der Waals surface area contributed by atoms with Crippen LogP contribution in [0.4, 0.5) is 0 Å². The van der Waals surface area contributed by atoms with E-state index in [-0.39, 0.29) is 11.7 Å². The largest absolute Gasteiger partial charge is 0.354 e. The highest BCUT2D eigenvalue weighted by Crippen LogP contribution is 2.28. The fraction of sp³-hybridized carbons (Fsp3) is 0.625. The number of rotatable bonds is 1. The number of aromatic nitrogens is 1. The van der Waals surface area contributed by atoms with E-state index in [0.717, 1.165) is 55.6 Å². The zero-order valence-corrected chi connectivity index (χ0v) is 12.3. The number of aryl methyl sites for hydroxylation is 1. The number of nitrogens with zero attached hydrogens (tertiary/aromatic N) is 1. The van der Waals surface area contributed by atoms with Crippen LogP contribution in [0.3, 0.4) is 0 Å². The predicted molar refractivity (Wildman–Crippen MR) is 77.1 cm³/mol. The Morgan fingerprint density at radius 3 is 2.60 bits per heavy atom. The Kier molecular flexibility index (Phi) is 3.40. The van der Waals surface area contributed by atoms with Gasteiger partial charge in [-0.3, -0.25) is 9.59 Å². The molecule has 0 bridgehead atoms. The molecular weight excluding hydrogens is 252 g/mol. The second-order valence-electron chi connectivity index (χ2n) is 6.23. The van der Waals surface area contributed by atoms with Crippen molar-refractivity contribution in [2.24, 2.45) is 5.92 Å². The lowest BCUT2D eigenvalue weighted by Gasteiger charge is -2.30. The molecule has 1 aliphatic carbocycles. The van der Waals surface area contributed by atoms with Crippen molar-refractivity contribution in [3.05, 3.63) is 22.5 Å². The molecule has 0 spiro atoms. The number of likely N-dealkylation sites (tertiary alicyclic amines) is 1. The molecule has 3 rings (SSSR count). The van der Waals surface area contributed by atoms with Gasteiger partial charge in [0.2, 0.25) is 0 Å². The summed E-state index contributed by atoms with van der Waals surface area (Å²) in [7, 11) is 0. The van der Waals surface area contributed by atoms with Crippen molar-refractivity contribution in [2.45, 2.75) is 46.0 Å². The van der Waals surface area contributed by atoms with Crippen LogP contribution in [0.15, 0.2) is 0 Å². The van der Waals surface area contributed by atoms with Gasteiger partial charge >= 0.3 is 0 Å². The quantitative estimate of drug-likeness (QED) is 0.856. The van der Waals surface area contributed by atoms with Gasteiger partial charge in [-0.25, -0.2) is 0 Å². The van der Waals surface area contributed by atoms with Gasteiger partial charge in [-0.2, -0.15) is 0 Å². The average molecular weight is 274 g/mol. The molecule has 1 aliphatic heterocycles. The summed E-state index contributed by atoms with van der Waals surface area (Å²) < 4.78 is 0. The number of Topliss-reactive ketones (excluding diaryl/α,β-unsaturated/α-hetero) is 1. The highest BCUT2D eigenvalue weighted by molar-refractivity contribution is 6.04. The smallest absolute Gasteiger partial charge is 0.270 e. The summed E-state index contributed by atoms with van der Waals surface area (Å²) in [4.78, 5) is 29.8. The highest BCUT2D eigenvalue weighted by Gasteiger charge is 2.29. The molecule has 4 nitrogen and oxygen atoms in total. The molecule has 0 unspecified atom stereocenters. The maximum absolute atomic E-state index is 12.6. The standard InChI is InChI=1S/C16H22N2O2/c1-10-6-8-18(9-7-10)16(20)15-11(2)14-12(17-15)4-3-5-13(14)19/h10,17H,3-9H2,1-2H3. The first-order valence-electron chi connectivity index (χ1n) is 7.62. The second-order valence-corrected chi connectivity index (χ2v) is 6.23. The van der Waals surface area contributed by atoms with Gasteiger partial charge in [-0.15, -0.1) is 0 Å². The lowest BCUT2D eigenvalue weighted by molar-refractivity contribution is 0.0691. The summed E-state index contributed by atoms with van der Waals surface area (Å²) in [5, 5.41) is 0. The Hall–Kier alpha value is -1.58. The molecule has 4 heteroatoms. The van der Waals surface area contributed by atoms with Crippen molar-refractivity contribution >= 4 is 11.7 Å². The molecule has 2 heterocycles. The Bertz CT molecular complexity index is 551. The van der Waals surface area contributed by atoms with E-state index in [9.17, 15) is 9.59 Å². The first-order chi connectivity index (χ1) is 9.58. The third-order valence-electron chi connectivity index (χ3n) is 4.72. The number of ketones is 1. The zero-order chi connectivity index (χ0) is 14.3. The molecule has 1 fully saturated rings. The molecule has 1 saturated heterocycles. The Morgan fingerprint density at radius 1 is 1.25 bits per heavy atom. The molecule has 0 atom stereocenters. The fourth-order valence-corrected chi connectivity index (χ4v) is 3.36. The zero-order valence-electron chi connectivity index (χ0n) is 12.3. The van der Waals surface area contributed by atoms with Crippen molar-refractivity contribution in [1.82, 2.24) is 9.88 Å². The van der Waals surface area contributed by atoms with Crippen LogP contribution in [0, 0.1) is 12.8 Å². The van der Waals surface area contributed by atoms with Crippen molar-refractivity contribution in [3.8, 4) is 0 Å².